The molecule has 0 spiro atoms. The average Bonchev–Trinajstić information content (AvgIpc) is 2.97. The Labute approximate surface area is 146 Å². The monoisotopic (exact) mass is 336 g/mol. The third kappa shape index (κ3) is 4.33. The van der Waals surface area contributed by atoms with Gasteiger partial charge in [0.15, 0.2) is 0 Å². The number of ether oxygens (including phenoxy) is 1. The van der Waals surface area contributed by atoms with E-state index in [9.17, 15) is 4.79 Å². The zero-order chi connectivity index (χ0) is 17.6. The standard InChI is InChI=1S/C20H20N2O3/c1-14-18(22-20(25-14)16-8-4-3-5-9-16)12-19(23)21-17-10-6-7-15(11-17)13-24-2/h3-11H,12-13H2,1-2H3,(H,21,23). The normalized spacial score (nSPS) is 10.6. The van der Waals surface area contributed by atoms with Crippen molar-refractivity contribution >= 4 is 11.6 Å². The Morgan fingerprint density at radius 3 is 2.72 bits per heavy atom. The summed E-state index contributed by atoms with van der Waals surface area (Å²) in [6.45, 7) is 2.33. The van der Waals surface area contributed by atoms with Gasteiger partial charge in [-0.2, -0.15) is 0 Å². The van der Waals surface area contributed by atoms with Gasteiger partial charge in [-0.15, -0.1) is 0 Å². The summed E-state index contributed by atoms with van der Waals surface area (Å²) in [6.07, 6.45) is 0.163. The van der Waals surface area contributed by atoms with Crippen LogP contribution in [0.15, 0.2) is 59.0 Å². The van der Waals surface area contributed by atoms with E-state index in [0.29, 0.717) is 24.0 Å². The molecule has 0 atom stereocenters. The fourth-order valence-corrected chi connectivity index (χ4v) is 2.56. The Morgan fingerprint density at radius 1 is 1.16 bits per heavy atom. The average molecular weight is 336 g/mol. The summed E-state index contributed by atoms with van der Waals surface area (Å²) in [7, 11) is 1.64. The lowest BCUT2D eigenvalue weighted by Crippen LogP contribution is -2.15. The molecule has 0 aliphatic heterocycles. The van der Waals surface area contributed by atoms with Crippen molar-refractivity contribution in [1.29, 1.82) is 0 Å². The maximum atomic E-state index is 12.3. The Hall–Kier alpha value is -2.92. The molecule has 5 nitrogen and oxygen atoms in total. The number of oxazole rings is 1. The van der Waals surface area contributed by atoms with E-state index in [-0.39, 0.29) is 12.3 Å². The van der Waals surface area contributed by atoms with Gasteiger partial charge in [0.25, 0.3) is 0 Å². The van der Waals surface area contributed by atoms with E-state index in [4.69, 9.17) is 9.15 Å². The highest BCUT2D eigenvalue weighted by atomic mass is 16.5. The van der Waals surface area contributed by atoms with Gasteiger partial charge in [-0.05, 0) is 36.8 Å². The van der Waals surface area contributed by atoms with Crippen molar-refractivity contribution in [1.82, 2.24) is 4.98 Å². The summed E-state index contributed by atoms with van der Waals surface area (Å²) in [5, 5.41) is 2.89. The van der Waals surface area contributed by atoms with Crippen LogP contribution in [-0.2, 0) is 22.6 Å². The molecule has 0 saturated carbocycles. The van der Waals surface area contributed by atoms with Crippen molar-refractivity contribution in [2.24, 2.45) is 0 Å². The second kappa shape index (κ2) is 7.77. The van der Waals surface area contributed by atoms with Crippen LogP contribution in [0.3, 0.4) is 0 Å². The molecule has 25 heavy (non-hydrogen) atoms. The number of aryl methyl sites for hydroxylation is 1. The van der Waals surface area contributed by atoms with Gasteiger partial charge in [0, 0.05) is 18.4 Å². The maximum Gasteiger partial charge on any atom is 0.230 e. The summed E-state index contributed by atoms with van der Waals surface area (Å²) in [5.74, 6) is 1.05. The molecule has 3 rings (SSSR count). The molecule has 0 radical (unpaired) electrons. The summed E-state index contributed by atoms with van der Waals surface area (Å²) in [6, 6.07) is 17.2. The first-order valence-electron chi connectivity index (χ1n) is 8.05. The van der Waals surface area contributed by atoms with E-state index in [1.807, 2.05) is 61.5 Å². The molecular weight excluding hydrogens is 316 g/mol. The molecule has 0 fully saturated rings. The number of carbonyl (C=O) groups excluding carboxylic acids is 1. The van der Waals surface area contributed by atoms with Crippen LogP contribution < -0.4 is 5.32 Å². The van der Waals surface area contributed by atoms with Crippen LogP contribution in [0.1, 0.15) is 17.0 Å². The molecule has 0 saturated heterocycles. The van der Waals surface area contributed by atoms with Crippen LogP contribution in [0.25, 0.3) is 11.5 Å². The number of rotatable bonds is 6. The first-order chi connectivity index (χ1) is 12.2. The third-order valence-corrected chi connectivity index (χ3v) is 3.76. The largest absolute Gasteiger partial charge is 0.441 e. The number of nitrogens with one attached hydrogen (secondary N) is 1. The van der Waals surface area contributed by atoms with E-state index in [2.05, 4.69) is 10.3 Å². The Bertz CT molecular complexity index is 856. The quantitative estimate of drug-likeness (QED) is 0.739. The van der Waals surface area contributed by atoms with Crippen molar-refractivity contribution in [3.8, 4) is 11.5 Å². The minimum absolute atomic E-state index is 0.134. The lowest BCUT2D eigenvalue weighted by Gasteiger charge is -2.06. The summed E-state index contributed by atoms with van der Waals surface area (Å²) in [5.41, 5.74) is 3.28. The van der Waals surface area contributed by atoms with E-state index < -0.39 is 0 Å². The first kappa shape index (κ1) is 16.9. The number of benzene rings is 2. The number of amides is 1. The van der Waals surface area contributed by atoms with Crippen molar-refractivity contribution in [3.05, 3.63) is 71.6 Å². The van der Waals surface area contributed by atoms with Gasteiger partial charge in [0.2, 0.25) is 11.8 Å². The van der Waals surface area contributed by atoms with Gasteiger partial charge in [-0.25, -0.2) is 4.98 Å². The molecule has 1 heterocycles. The number of anilines is 1. The summed E-state index contributed by atoms with van der Waals surface area (Å²) < 4.78 is 10.8. The van der Waals surface area contributed by atoms with Gasteiger partial charge >= 0.3 is 0 Å². The summed E-state index contributed by atoms with van der Waals surface area (Å²) >= 11 is 0. The van der Waals surface area contributed by atoms with Crippen molar-refractivity contribution in [2.75, 3.05) is 12.4 Å². The second-order valence-electron chi connectivity index (χ2n) is 5.75. The predicted molar refractivity (Wildman–Crippen MR) is 96.2 cm³/mol. The minimum Gasteiger partial charge on any atom is -0.441 e. The van der Waals surface area contributed by atoms with Crippen LogP contribution >= 0.6 is 0 Å². The molecule has 3 aromatic rings. The Morgan fingerprint density at radius 2 is 1.96 bits per heavy atom. The van der Waals surface area contributed by atoms with E-state index >= 15 is 0 Å². The van der Waals surface area contributed by atoms with E-state index in [0.717, 1.165) is 16.8 Å². The van der Waals surface area contributed by atoms with Gasteiger partial charge in [-0.3, -0.25) is 4.79 Å². The van der Waals surface area contributed by atoms with Crippen molar-refractivity contribution in [3.63, 3.8) is 0 Å². The minimum atomic E-state index is -0.134. The van der Waals surface area contributed by atoms with E-state index in [1.165, 1.54) is 0 Å². The fourth-order valence-electron chi connectivity index (χ4n) is 2.56. The highest BCUT2D eigenvalue weighted by Crippen LogP contribution is 2.22. The fraction of sp³-hybridized carbons (Fsp3) is 0.200. The van der Waals surface area contributed by atoms with Crippen LogP contribution in [0.4, 0.5) is 5.69 Å². The Kier molecular flexibility index (Phi) is 5.26. The highest BCUT2D eigenvalue weighted by molar-refractivity contribution is 5.92. The number of methoxy groups -OCH3 is 1. The van der Waals surface area contributed by atoms with Crippen LogP contribution in [-0.4, -0.2) is 18.0 Å². The molecule has 1 N–H and O–H groups in total. The first-order valence-corrected chi connectivity index (χ1v) is 8.05. The predicted octanol–water partition coefficient (Wildman–Crippen LogP) is 3.98. The molecule has 128 valence electrons. The van der Waals surface area contributed by atoms with Gasteiger partial charge < -0.3 is 14.5 Å². The van der Waals surface area contributed by atoms with E-state index in [1.54, 1.807) is 7.11 Å². The molecule has 0 aliphatic carbocycles. The zero-order valence-electron chi connectivity index (χ0n) is 14.3. The smallest absolute Gasteiger partial charge is 0.230 e. The molecule has 0 unspecified atom stereocenters. The second-order valence-corrected chi connectivity index (χ2v) is 5.75. The SMILES string of the molecule is COCc1cccc(NC(=O)Cc2nc(-c3ccccc3)oc2C)c1. The topological polar surface area (TPSA) is 64.4 Å². The van der Waals surface area contributed by atoms with Crippen LogP contribution in [0.5, 0.6) is 0 Å². The molecular formula is C20H20N2O3. The third-order valence-electron chi connectivity index (χ3n) is 3.76. The number of hydrogen-bond acceptors (Lipinski definition) is 4. The zero-order valence-corrected chi connectivity index (χ0v) is 14.3. The number of aromatic nitrogens is 1. The molecule has 0 aliphatic rings. The summed E-state index contributed by atoms with van der Waals surface area (Å²) in [4.78, 5) is 16.8. The number of carbonyl (C=O) groups is 1. The van der Waals surface area contributed by atoms with Gasteiger partial charge in [0.05, 0.1) is 18.7 Å². The maximum absolute atomic E-state index is 12.3. The van der Waals surface area contributed by atoms with Crippen molar-refractivity contribution in [2.45, 2.75) is 20.0 Å². The van der Waals surface area contributed by atoms with Gasteiger partial charge in [0.1, 0.15) is 5.76 Å². The lowest BCUT2D eigenvalue weighted by atomic mass is 10.2. The molecule has 1 amide bonds. The van der Waals surface area contributed by atoms with Crippen molar-refractivity contribution < 1.29 is 13.9 Å². The van der Waals surface area contributed by atoms with Crippen LogP contribution in [0.2, 0.25) is 0 Å². The van der Waals surface area contributed by atoms with Gasteiger partial charge in [-0.1, -0.05) is 30.3 Å². The molecule has 1 aromatic heterocycles. The molecule has 2 aromatic carbocycles. The molecule has 0 bridgehead atoms. The number of nitrogens with zero attached hydrogens (tertiary/aromatic N) is 1. The highest BCUT2D eigenvalue weighted by Gasteiger charge is 2.14. The molecule has 5 heteroatoms. The number of hydrogen-bond donors (Lipinski definition) is 1. The van der Waals surface area contributed by atoms with Crippen LogP contribution in [0, 0.1) is 6.92 Å². The lowest BCUT2D eigenvalue weighted by molar-refractivity contribution is -0.115. The Balaban J connectivity index is 1.69.